The molecule has 1 saturated heterocycles. The number of ether oxygens (including phenoxy) is 1. The molecular formula is C13H16O3. The Labute approximate surface area is 95.0 Å². The predicted octanol–water partition coefficient (Wildman–Crippen LogP) is 2.20. The summed E-state index contributed by atoms with van der Waals surface area (Å²) in [6.07, 6.45) is 0.792. The molecule has 0 amide bonds. The third-order valence-corrected chi connectivity index (χ3v) is 3.14. The minimum atomic E-state index is -0.758. The summed E-state index contributed by atoms with van der Waals surface area (Å²) < 4.78 is 5.24. The van der Waals surface area contributed by atoms with Crippen LogP contribution in [0.2, 0.25) is 0 Å². The fourth-order valence-corrected chi connectivity index (χ4v) is 2.28. The number of carboxylic acids is 1. The van der Waals surface area contributed by atoms with E-state index in [2.05, 4.69) is 6.07 Å². The number of carbonyl (C=O) groups is 1. The van der Waals surface area contributed by atoms with Gasteiger partial charge in [-0.2, -0.15) is 0 Å². The maximum absolute atomic E-state index is 11.1. The number of hydrogen-bond donors (Lipinski definition) is 1. The van der Waals surface area contributed by atoms with Crippen LogP contribution in [0.3, 0.4) is 0 Å². The molecule has 86 valence electrons. The molecule has 1 aromatic carbocycles. The molecule has 16 heavy (non-hydrogen) atoms. The molecule has 3 heteroatoms. The van der Waals surface area contributed by atoms with Gasteiger partial charge in [0, 0.05) is 12.5 Å². The molecule has 1 aromatic rings. The summed E-state index contributed by atoms with van der Waals surface area (Å²) >= 11 is 0. The lowest BCUT2D eigenvalue weighted by Crippen LogP contribution is -2.32. The molecule has 0 radical (unpaired) electrons. The van der Waals surface area contributed by atoms with Crippen molar-refractivity contribution in [2.45, 2.75) is 19.3 Å². The van der Waals surface area contributed by atoms with Crippen LogP contribution in [0, 0.1) is 12.8 Å². The van der Waals surface area contributed by atoms with Crippen molar-refractivity contribution in [1.29, 1.82) is 0 Å². The number of aryl methyl sites for hydroxylation is 1. The minimum absolute atomic E-state index is 0.0890. The second-order valence-electron chi connectivity index (χ2n) is 4.33. The van der Waals surface area contributed by atoms with Gasteiger partial charge in [-0.15, -0.1) is 0 Å². The van der Waals surface area contributed by atoms with E-state index in [1.165, 1.54) is 5.56 Å². The molecule has 1 heterocycles. The molecule has 0 saturated carbocycles. The summed E-state index contributed by atoms with van der Waals surface area (Å²) in [7, 11) is 0. The fraction of sp³-hybridized carbons (Fsp3) is 0.462. The molecule has 2 rings (SSSR count). The van der Waals surface area contributed by atoms with E-state index in [0.717, 1.165) is 12.0 Å². The number of carboxylic acid groups (broad SMARTS) is 1. The topological polar surface area (TPSA) is 46.5 Å². The Kier molecular flexibility index (Phi) is 3.25. The second kappa shape index (κ2) is 4.66. The second-order valence-corrected chi connectivity index (χ2v) is 4.33. The van der Waals surface area contributed by atoms with Crippen LogP contribution in [-0.2, 0) is 9.53 Å². The molecule has 1 fully saturated rings. The van der Waals surface area contributed by atoms with Crippen molar-refractivity contribution >= 4 is 5.97 Å². The number of benzene rings is 1. The van der Waals surface area contributed by atoms with Crippen LogP contribution in [0.5, 0.6) is 0 Å². The normalized spacial score (nSPS) is 25.3. The van der Waals surface area contributed by atoms with Gasteiger partial charge in [0.05, 0.1) is 12.5 Å². The summed E-state index contributed by atoms with van der Waals surface area (Å²) in [5, 5.41) is 9.16. The molecule has 0 aliphatic carbocycles. The van der Waals surface area contributed by atoms with E-state index in [1.807, 2.05) is 25.1 Å². The lowest BCUT2D eigenvalue weighted by atomic mass is 9.82. The highest BCUT2D eigenvalue weighted by Crippen LogP contribution is 2.32. The summed E-state index contributed by atoms with van der Waals surface area (Å²) in [5.41, 5.74) is 2.30. The number of hydrogen-bond acceptors (Lipinski definition) is 2. The summed E-state index contributed by atoms with van der Waals surface area (Å²) in [6.45, 7) is 3.01. The van der Waals surface area contributed by atoms with Crippen molar-refractivity contribution in [1.82, 2.24) is 0 Å². The smallest absolute Gasteiger partial charge is 0.309 e. The van der Waals surface area contributed by atoms with Gasteiger partial charge in [-0.25, -0.2) is 0 Å². The predicted molar refractivity (Wildman–Crippen MR) is 60.5 cm³/mol. The lowest BCUT2D eigenvalue weighted by molar-refractivity contribution is -0.147. The van der Waals surface area contributed by atoms with Gasteiger partial charge in [-0.05, 0) is 18.9 Å². The first-order chi connectivity index (χ1) is 7.68. The van der Waals surface area contributed by atoms with Gasteiger partial charge in [0.15, 0.2) is 0 Å². The maximum atomic E-state index is 11.1. The molecule has 0 spiro atoms. The molecule has 3 nitrogen and oxygen atoms in total. The van der Waals surface area contributed by atoms with Crippen LogP contribution in [-0.4, -0.2) is 24.3 Å². The Balaban J connectivity index is 2.26. The van der Waals surface area contributed by atoms with Crippen molar-refractivity contribution in [3.05, 3.63) is 35.4 Å². The maximum Gasteiger partial charge on any atom is 0.309 e. The first-order valence-electron chi connectivity index (χ1n) is 5.55. The standard InChI is InChI=1S/C13H16O3/c1-9-3-2-4-10(7-9)11-5-6-16-8-12(11)13(14)15/h2-4,7,11-12H,5-6,8H2,1H3,(H,14,15). The van der Waals surface area contributed by atoms with Gasteiger partial charge in [0.25, 0.3) is 0 Å². The Morgan fingerprint density at radius 2 is 2.31 bits per heavy atom. The van der Waals surface area contributed by atoms with Crippen molar-refractivity contribution in [2.24, 2.45) is 5.92 Å². The number of rotatable bonds is 2. The largest absolute Gasteiger partial charge is 0.481 e. The van der Waals surface area contributed by atoms with Gasteiger partial charge >= 0.3 is 5.97 Å². The SMILES string of the molecule is Cc1cccc(C2CCOCC2C(=O)O)c1. The van der Waals surface area contributed by atoms with E-state index in [9.17, 15) is 4.79 Å². The fourth-order valence-electron chi connectivity index (χ4n) is 2.28. The Hall–Kier alpha value is -1.35. The lowest BCUT2D eigenvalue weighted by Gasteiger charge is -2.29. The van der Waals surface area contributed by atoms with Crippen LogP contribution in [0.4, 0.5) is 0 Å². The van der Waals surface area contributed by atoms with E-state index in [-0.39, 0.29) is 5.92 Å². The first-order valence-corrected chi connectivity index (χ1v) is 5.55. The van der Waals surface area contributed by atoms with Crippen molar-refractivity contribution in [3.8, 4) is 0 Å². The highest BCUT2D eigenvalue weighted by Gasteiger charge is 2.32. The van der Waals surface area contributed by atoms with Crippen molar-refractivity contribution < 1.29 is 14.6 Å². The zero-order valence-corrected chi connectivity index (χ0v) is 9.35. The van der Waals surface area contributed by atoms with Crippen LogP contribution in [0.15, 0.2) is 24.3 Å². The van der Waals surface area contributed by atoms with Gasteiger partial charge < -0.3 is 9.84 Å². The van der Waals surface area contributed by atoms with Crippen molar-refractivity contribution in [3.63, 3.8) is 0 Å². The van der Waals surface area contributed by atoms with E-state index in [1.54, 1.807) is 0 Å². The molecule has 1 N–H and O–H groups in total. The van der Waals surface area contributed by atoms with E-state index in [4.69, 9.17) is 9.84 Å². The highest BCUT2D eigenvalue weighted by molar-refractivity contribution is 5.71. The van der Waals surface area contributed by atoms with Crippen LogP contribution in [0.1, 0.15) is 23.5 Å². The Morgan fingerprint density at radius 3 is 3.00 bits per heavy atom. The van der Waals surface area contributed by atoms with Crippen LogP contribution < -0.4 is 0 Å². The zero-order chi connectivity index (χ0) is 11.5. The molecule has 2 atom stereocenters. The average Bonchev–Trinajstić information content (AvgIpc) is 2.29. The highest BCUT2D eigenvalue weighted by atomic mass is 16.5. The summed E-state index contributed by atoms with van der Waals surface area (Å²) in [4.78, 5) is 11.1. The van der Waals surface area contributed by atoms with Gasteiger partial charge in [0.1, 0.15) is 0 Å². The number of aliphatic carboxylic acids is 1. The summed E-state index contributed by atoms with van der Waals surface area (Å²) in [5.74, 6) is -1.08. The molecule has 0 aromatic heterocycles. The molecule has 1 aliphatic rings. The average molecular weight is 220 g/mol. The van der Waals surface area contributed by atoms with Crippen LogP contribution >= 0.6 is 0 Å². The zero-order valence-electron chi connectivity index (χ0n) is 9.35. The van der Waals surface area contributed by atoms with Gasteiger partial charge in [0.2, 0.25) is 0 Å². The molecular weight excluding hydrogens is 204 g/mol. The van der Waals surface area contributed by atoms with E-state index in [0.29, 0.717) is 13.2 Å². The van der Waals surface area contributed by atoms with E-state index < -0.39 is 11.9 Å². The molecule has 1 aliphatic heterocycles. The summed E-state index contributed by atoms with van der Waals surface area (Å²) in [6, 6.07) is 8.10. The Morgan fingerprint density at radius 1 is 1.50 bits per heavy atom. The monoisotopic (exact) mass is 220 g/mol. The first kappa shape index (κ1) is 11.1. The Bertz CT molecular complexity index is 387. The van der Waals surface area contributed by atoms with Gasteiger partial charge in [-0.3, -0.25) is 4.79 Å². The molecule has 0 bridgehead atoms. The quantitative estimate of drug-likeness (QED) is 0.831. The molecule has 2 unspecified atom stereocenters. The third-order valence-electron chi connectivity index (χ3n) is 3.14. The van der Waals surface area contributed by atoms with Crippen LogP contribution in [0.25, 0.3) is 0 Å². The van der Waals surface area contributed by atoms with Crippen molar-refractivity contribution in [2.75, 3.05) is 13.2 Å². The third kappa shape index (κ3) is 2.25. The minimum Gasteiger partial charge on any atom is -0.481 e. The van der Waals surface area contributed by atoms with E-state index >= 15 is 0 Å². The van der Waals surface area contributed by atoms with Gasteiger partial charge in [-0.1, -0.05) is 29.8 Å².